The first-order valence-electron chi connectivity index (χ1n) is 9.95. The van der Waals surface area contributed by atoms with E-state index in [1.165, 1.54) is 5.56 Å². The molecular formula is C23H23N5O. The number of benzene rings is 2. The number of nitrogens with zero attached hydrogens (tertiary/aromatic N) is 3. The van der Waals surface area contributed by atoms with Crippen molar-refractivity contribution >= 4 is 16.8 Å². The van der Waals surface area contributed by atoms with Crippen molar-refractivity contribution in [2.24, 2.45) is 0 Å². The number of carbonyl (C=O) groups is 1. The van der Waals surface area contributed by atoms with E-state index < -0.39 is 0 Å². The fourth-order valence-electron chi connectivity index (χ4n) is 3.94. The predicted octanol–water partition coefficient (Wildman–Crippen LogP) is 3.52. The predicted molar refractivity (Wildman–Crippen MR) is 114 cm³/mol. The molecule has 6 nitrogen and oxygen atoms in total. The zero-order chi connectivity index (χ0) is 19.6. The van der Waals surface area contributed by atoms with Gasteiger partial charge in [-0.3, -0.25) is 14.8 Å². The van der Waals surface area contributed by atoms with Crippen LogP contribution in [0.5, 0.6) is 0 Å². The van der Waals surface area contributed by atoms with E-state index in [0.29, 0.717) is 0 Å². The van der Waals surface area contributed by atoms with Gasteiger partial charge in [-0.15, -0.1) is 0 Å². The zero-order valence-corrected chi connectivity index (χ0v) is 16.1. The molecule has 1 aliphatic heterocycles. The monoisotopic (exact) mass is 385 g/mol. The molecule has 1 amide bonds. The van der Waals surface area contributed by atoms with Gasteiger partial charge in [-0.1, -0.05) is 36.4 Å². The first-order chi connectivity index (χ1) is 14.3. The number of aromatic amines is 2. The number of carbonyl (C=O) groups excluding carboxylic acids is 1. The summed E-state index contributed by atoms with van der Waals surface area (Å²) >= 11 is 0. The van der Waals surface area contributed by atoms with Crippen LogP contribution in [0.15, 0.2) is 66.9 Å². The quantitative estimate of drug-likeness (QED) is 0.565. The molecule has 2 N–H and O–H groups in total. The molecule has 2 aromatic carbocycles. The SMILES string of the molecule is O=C(c1ccc2cc(-c3cc[nH]n3)[nH]c2c1)N1CCN(Cc2ccccc2)CC1. The fourth-order valence-corrected chi connectivity index (χ4v) is 3.94. The Labute approximate surface area is 169 Å². The van der Waals surface area contributed by atoms with Crippen LogP contribution in [0.4, 0.5) is 0 Å². The Morgan fingerprint density at radius 3 is 2.55 bits per heavy atom. The summed E-state index contributed by atoms with van der Waals surface area (Å²) in [6.45, 7) is 4.25. The van der Waals surface area contributed by atoms with Crippen LogP contribution in [0.25, 0.3) is 22.3 Å². The van der Waals surface area contributed by atoms with E-state index in [0.717, 1.165) is 60.6 Å². The standard InChI is InChI=1S/C23H23N5O/c29-23(28-12-10-27(11-13-28)16-17-4-2-1-3-5-17)19-7-6-18-14-22(25-21(18)15-19)20-8-9-24-26-20/h1-9,14-15,25H,10-13,16H2,(H,24,26). The summed E-state index contributed by atoms with van der Waals surface area (Å²) in [6, 6.07) is 20.3. The van der Waals surface area contributed by atoms with Crippen LogP contribution in [-0.4, -0.2) is 57.1 Å². The fraction of sp³-hybridized carbons (Fsp3) is 0.217. The summed E-state index contributed by atoms with van der Waals surface area (Å²) in [6.07, 6.45) is 1.80. The Hall–Kier alpha value is -3.38. The van der Waals surface area contributed by atoms with Crippen molar-refractivity contribution in [1.82, 2.24) is 25.0 Å². The highest BCUT2D eigenvalue weighted by Crippen LogP contribution is 2.24. The van der Waals surface area contributed by atoms with E-state index in [9.17, 15) is 4.79 Å². The topological polar surface area (TPSA) is 68.0 Å². The lowest BCUT2D eigenvalue weighted by Crippen LogP contribution is -2.48. The van der Waals surface area contributed by atoms with Crippen molar-refractivity contribution in [3.63, 3.8) is 0 Å². The maximum atomic E-state index is 13.0. The van der Waals surface area contributed by atoms with E-state index in [2.05, 4.69) is 50.4 Å². The van der Waals surface area contributed by atoms with E-state index >= 15 is 0 Å². The molecule has 0 unspecified atom stereocenters. The van der Waals surface area contributed by atoms with Crippen LogP contribution in [-0.2, 0) is 6.54 Å². The number of nitrogens with one attached hydrogen (secondary N) is 2. The molecule has 0 spiro atoms. The van der Waals surface area contributed by atoms with Gasteiger partial charge in [-0.25, -0.2) is 0 Å². The van der Waals surface area contributed by atoms with Gasteiger partial charge in [0.1, 0.15) is 5.69 Å². The summed E-state index contributed by atoms with van der Waals surface area (Å²) < 4.78 is 0. The van der Waals surface area contributed by atoms with Gasteiger partial charge >= 0.3 is 0 Å². The van der Waals surface area contributed by atoms with Gasteiger partial charge in [-0.05, 0) is 29.8 Å². The minimum atomic E-state index is 0.0992. The van der Waals surface area contributed by atoms with Crippen LogP contribution in [0.3, 0.4) is 0 Å². The molecule has 29 heavy (non-hydrogen) atoms. The van der Waals surface area contributed by atoms with Crippen LogP contribution >= 0.6 is 0 Å². The Morgan fingerprint density at radius 1 is 0.966 bits per heavy atom. The molecule has 5 rings (SSSR count). The maximum Gasteiger partial charge on any atom is 0.254 e. The first kappa shape index (κ1) is 17.7. The van der Waals surface area contributed by atoms with Gasteiger partial charge in [0.25, 0.3) is 5.91 Å². The molecule has 3 heterocycles. The Bertz CT molecular complexity index is 1110. The average Bonchev–Trinajstić information content (AvgIpc) is 3.44. The van der Waals surface area contributed by atoms with Crippen molar-refractivity contribution in [1.29, 1.82) is 0 Å². The summed E-state index contributed by atoms with van der Waals surface area (Å²) in [5.41, 5.74) is 4.81. The zero-order valence-electron chi connectivity index (χ0n) is 16.1. The average molecular weight is 385 g/mol. The number of rotatable bonds is 4. The molecule has 1 fully saturated rings. The van der Waals surface area contributed by atoms with E-state index in [-0.39, 0.29) is 5.91 Å². The smallest absolute Gasteiger partial charge is 0.254 e. The van der Waals surface area contributed by atoms with Crippen molar-refractivity contribution in [2.45, 2.75) is 6.54 Å². The van der Waals surface area contributed by atoms with Crippen molar-refractivity contribution in [3.8, 4) is 11.4 Å². The number of hydrogen-bond acceptors (Lipinski definition) is 3. The highest BCUT2D eigenvalue weighted by Gasteiger charge is 2.22. The molecule has 0 atom stereocenters. The lowest BCUT2D eigenvalue weighted by molar-refractivity contribution is 0.0628. The van der Waals surface area contributed by atoms with Crippen molar-refractivity contribution in [3.05, 3.63) is 78.0 Å². The molecular weight excluding hydrogens is 362 g/mol. The van der Waals surface area contributed by atoms with Gasteiger partial charge in [0, 0.05) is 55.4 Å². The maximum absolute atomic E-state index is 13.0. The summed E-state index contributed by atoms with van der Waals surface area (Å²) in [4.78, 5) is 20.8. The van der Waals surface area contributed by atoms with Crippen molar-refractivity contribution < 1.29 is 4.79 Å². The number of aromatic nitrogens is 3. The minimum absolute atomic E-state index is 0.0992. The number of fused-ring (bicyclic) bond motifs is 1. The van der Waals surface area contributed by atoms with Gasteiger partial charge in [-0.2, -0.15) is 5.10 Å². The molecule has 146 valence electrons. The number of amides is 1. The van der Waals surface area contributed by atoms with E-state index in [1.807, 2.05) is 35.2 Å². The second kappa shape index (κ2) is 7.56. The van der Waals surface area contributed by atoms with Gasteiger partial charge in [0.2, 0.25) is 0 Å². The van der Waals surface area contributed by atoms with Crippen LogP contribution in [0, 0.1) is 0 Å². The van der Waals surface area contributed by atoms with Crippen molar-refractivity contribution in [2.75, 3.05) is 26.2 Å². The molecule has 6 heteroatoms. The minimum Gasteiger partial charge on any atom is -0.353 e. The highest BCUT2D eigenvalue weighted by atomic mass is 16.2. The molecule has 0 aliphatic carbocycles. The third-order valence-electron chi connectivity index (χ3n) is 5.55. The van der Waals surface area contributed by atoms with E-state index in [4.69, 9.17) is 0 Å². The van der Waals surface area contributed by atoms with Crippen LogP contribution < -0.4 is 0 Å². The van der Waals surface area contributed by atoms with Gasteiger partial charge in [0.15, 0.2) is 0 Å². The molecule has 4 aromatic rings. The van der Waals surface area contributed by atoms with E-state index in [1.54, 1.807) is 6.20 Å². The van der Waals surface area contributed by atoms with Crippen LogP contribution in [0.1, 0.15) is 15.9 Å². The second-order valence-corrected chi connectivity index (χ2v) is 7.50. The molecule has 2 aromatic heterocycles. The lowest BCUT2D eigenvalue weighted by atomic mass is 10.1. The summed E-state index contributed by atoms with van der Waals surface area (Å²) in [5, 5.41) is 8.12. The lowest BCUT2D eigenvalue weighted by Gasteiger charge is -2.34. The Morgan fingerprint density at radius 2 is 1.79 bits per heavy atom. The van der Waals surface area contributed by atoms with Gasteiger partial charge in [0.05, 0.1) is 5.69 Å². The summed E-state index contributed by atoms with van der Waals surface area (Å²) in [5.74, 6) is 0.0992. The molecule has 0 saturated carbocycles. The third-order valence-corrected chi connectivity index (χ3v) is 5.55. The molecule has 0 bridgehead atoms. The number of H-pyrrole nitrogens is 2. The normalized spacial score (nSPS) is 15.1. The molecule has 0 radical (unpaired) electrons. The largest absolute Gasteiger partial charge is 0.353 e. The number of hydrogen-bond donors (Lipinski definition) is 2. The summed E-state index contributed by atoms with van der Waals surface area (Å²) in [7, 11) is 0. The molecule has 1 saturated heterocycles. The Balaban J connectivity index is 1.26. The molecule has 1 aliphatic rings. The highest BCUT2D eigenvalue weighted by molar-refractivity contribution is 5.98. The number of piperazine rings is 1. The van der Waals surface area contributed by atoms with Gasteiger partial charge < -0.3 is 9.88 Å². The first-order valence-corrected chi connectivity index (χ1v) is 9.95. The third kappa shape index (κ3) is 3.67. The second-order valence-electron chi connectivity index (χ2n) is 7.50. The Kier molecular flexibility index (Phi) is 4.62. The van der Waals surface area contributed by atoms with Crippen LogP contribution in [0.2, 0.25) is 0 Å².